The highest BCUT2D eigenvalue weighted by atomic mass is 32.3. The normalized spacial score (nSPS) is 27.2. The molecule has 3 rings (SSSR count). The molecule has 2 aliphatic rings. The van der Waals surface area contributed by atoms with Crippen LogP contribution < -0.4 is 5.14 Å². The summed E-state index contributed by atoms with van der Waals surface area (Å²) in [5.41, 5.74) is 0.730. The van der Waals surface area contributed by atoms with Gasteiger partial charge in [-0.1, -0.05) is 61.4 Å². The minimum atomic E-state index is -3.79. The molecule has 1 aromatic rings. The molecule has 0 spiro atoms. The number of nitrogens with two attached hydrogens (primary N) is 1. The number of hydrogen-bond donors (Lipinski definition) is 1. The van der Waals surface area contributed by atoms with Crippen molar-refractivity contribution in [2.24, 2.45) is 5.14 Å². The lowest BCUT2D eigenvalue weighted by Crippen LogP contribution is -2.52. The second-order valence-electron chi connectivity index (χ2n) is 5.59. The molecule has 1 aliphatic heterocycles. The van der Waals surface area contributed by atoms with Crippen LogP contribution in [0.4, 0.5) is 0 Å². The summed E-state index contributed by atoms with van der Waals surface area (Å²) in [6.45, 7) is 0. The van der Waals surface area contributed by atoms with Crippen LogP contribution in [-0.4, -0.2) is 19.4 Å². The first kappa shape index (κ1) is 14.9. The monoisotopic (exact) mass is 324 g/mol. The van der Waals surface area contributed by atoms with Crippen molar-refractivity contribution in [2.45, 2.75) is 42.3 Å². The summed E-state index contributed by atoms with van der Waals surface area (Å²) in [5.74, 6) is 0. The fourth-order valence-electron chi connectivity index (χ4n) is 3.31. The summed E-state index contributed by atoms with van der Waals surface area (Å²) in [7, 11) is -3.79. The van der Waals surface area contributed by atoms with Gasteiger partial charge in [-0.05, 0) is 18.2 Å². The molecule has 1 atom stereocenters. The van der Waals surface area contributed by atoms with Gasteiger partial charge in [-0.15, -0.1) is 0 Å². The highest BCUT2D eigenvalue weighted by Crippen LogP contribution is 2.50. The van der Waals surface area contributed by atoms with E-state index in [0.717, 1.165) is 31.2 Å². The Bertz CT molecular complexity index is 624. The van der Waals surface area contributed by atoms with Crippen molar-refractivity contribution in [1.29, 1.82) is 0 Å². The van der Waals surface area contributed by atoms with Gasteiger partial charge in [-0.2, -0.15) is 0 Å². The quantitative estimate of drug-likeness (QED) is 0.928. The Morgan fingerprint density at radius 3 is 2.43 bits per heavy atom. The predicted molar refractivity (Wildman–Crippen MR) is 86.7 cm³/mol. The summed E-state index contributed by atoms with van der Waals surface area (Å²) in [4.78, 5) is 1.97. The molecule has 2 N–H and O–H groups in total. The van der Waals surface area contributed by atoms with E-state index in [1.165, 1.54) is 18.2 Å². The standard InChI is InChI=1S/C15H20N2O2S2/c16-21(18,19)15(13-7-3-1-4-8-13)17(11-12-20-15)14-9-5-2-6-10-14/h1,3-4,7-8,11-12,14H,2,5-6,9-10H2,(H2,16,18,19). The van der Waals surface area contributed by atoms with Crippen LogP contribution in [0.5, 0.6) is 0 Å². The number of primary sulfonamides is 1. The van der Waals surface area contributed by atoms with Crippen LogP contribution in [0.15, 0.2) is 41.9 Å². The van der Waals surface area contributed by atoms with Crippen LogP contribution in [0, 0.1) is 0 Å². The van der Waals surface area contributed by atoms with Crippen LogP contribution in [-0.2, 0) is 14.2 Å². The summed E-state index contributed by atoms with van der Waals surface area (Å²) in [5, 5.41) is 7.53. The maximum absolute atomic E-state index is 12.5. The molecule has 4 nitrogen and oxygen atoms in total. The molecule has 0 aromatic heterocycles. The molecule has 0 radical (unpaired) electrons. The van der Waals surface area contributed by atoms with E-state index in [2.05, 4.69) is 0 Å². The maximum atomic E-state index is 12.5. The SMILES string of the molecule is NS(=O)(=O)C1(c2ccccc2)SC=CN1C1CCCCC1. The van der Waals surface area contributed by atoms with E-state index in [9.17, 15) is 8.42 Å². The molecule has 1 aliphatic carbocycles. The molecule has 0 amide bonds. The van der Waals surface area contributed by atoms with Gasteiger partial charge in [0.05, 0.1) is 0 Å². The third kappa shape index (κ3) is 2.49. The molecular weight excluding hydrogens is 304 g/mol. The number of sulfonamides is 1. The summed E-state index contributed by atoms with van der Waals surface area (Å²) < 4.78 is 23.8. The van der Waals surface area contributed by atoms with Gasteiger partial charge in [0, 0.05) is 17.8 Å². The fraction of sp³-hybridized carbons (Fsp3) is 0.467. The topological polar surface area (TPSA) is 63.4 Å². The van der Waals surface area contributed by atoms with Gasteiger partial charge in [0.25, 0.3) is 0 Å². The molecular formula is C15H20N2O2S2. The molecule has 21 heavy (non-hydrogen) atoms. The van der Waals surface area contributed by atoms with E-state index in [1.54, 1.807) is 0 Å². The van der Waals surface area contributed by atoms with Crippen LogP contribution >= 0.6 is 11.8 Å². The van der Waals surface area contributed by atoms with Gasteiger partial charge in [0.2, 0.25) is 14.2 Å². The molecule has 1 heterocycles. The Morgan fingerprint density at radius 2 is 1.81 bits per heavy atom. The molecule has 0 saturated heterocycles. The van der Waals surface area contributed by atoms with E-state index < -0.39 is 14.2 Å². The number of benzene rings is 1. The Labute approximate surface area is 130 Å². The molecule has 0 bridgehead atoms. The minimum absolute atomic E-state index is 0.239. The second kappa shape index (κ2) is 5.66. The van der Waals surface area contributed by atoms with Gasteiger partial charge in [0.15, 0.2) is 0 Å². The molecule has 6 heteroatoms. The largest absolute Gasteiger partial charge is 0.342 e. The number of hydrogen-bond acceptors (Lipinski definition) is 4. The zero-order chi connectivity index (χ0) is 14.9. The Morgan fingerprint density at radius 1 is 1.14 bits per heavy atom. The van der Waals surface area contributed by atoms with Gasteiger partial charge >= 0.3 is 0 Å². The molecule has 1 aromatic carbocycles. The second-order valence-corrected chi connectivity index (χ2v) is 8.63. The summed E-state index contributed by atoms with van der Waals surface area (Å²) in [6.07, 6.45) is 7.47. The van der Waals surface area contributed by atoms with Crippen LogP contribution in [0.2, 0.25) is 0 Å². The van der Waals surface area contributed by atoms with E-state index in [1.807, 2.05) is 46.8 Å². The average molecular weight is 324 g/mol. The third-order valence-corrected chi connectivity index (χ3v) is 7.51. The molecule has 114 valence electrons. The van der Waals surface area contributed by atoms with Crippen LogP contribution in [0.3, 0.4) is 0 Å². The zero-order valence-corrected chi connectivity index (χ0v) is 13.4. The molecule has 1 saturated carbocycles. The lowest BCUT2D eigenvalue weighted by molar-refractivity contribution is 0.188. The number of thioether (sulfide) groups is 1. The third-order valence-electron chi connectivity index (χ3n) is 4.28. The van der Waals surface area contributed by atoms with E-state index >= 15 is 0 Å². The Hall–Kier alpha value is -0.980. The van der Waals surface area contributed by atoms with Gasteiger partial charge < -0.3 is 4.90 Å². The first-order valence-electron chi connectivity index (χ1n) is 7.26. The fourth-order valence-corrected chi connectivity index (χ4v) is 5.96. The highest BCUT2D eigenvalue weighted by Gasteiger charge is 2.52. The summed E-state index contributed by atoms with van der Waals surface area (Å²) >= 11 is 1.28. The van der Waals surface area contributed by atoms with Crippen LogP contribution in [0.25, 0.3) is 0 Å². The minimum Gasteiger partial charge on any atom is -0.342 e. The zero-order valence-electron chi connectivity index (χ0n) is 11.8. The Kier molecular flexibility index (Phi) is 4.03. The maximum Gasteiger partial charge on any atom is 0.248 e. The highest BCUT2D eigenvalue weighted by molar-refractivity contribution is 8.15. The van der Waals surface area contributed by atoms with Crippen molar-refractivity contribution >= 4 is 21.8 Å². The number of rotatable bonds is 3. The first-order valence-corrected chi connectivity index (χ1v) is 9.69. The number of nitrogens with zero attached hydrogens (tertiary/aromatic N) is 1. The summed E-state index contributed by atoms with van der Waals surface area (Å²) in [6, 6.07) is 9.54. The van der Waals surface area contributed by atoms with Gasteiger partial charge in [-0.25, -0.2) is 13.6 Å². The van der Waals surface area contributed by atoms with Crippen molar-refractivity contribution in [2.75, 3.05) is 0 Å². The van der Waals surface area contributed by atoms with Crippen LogP contribution in [0.1, 0.15) is 37.7 Å². The van der Waals surface area contributed by atoms with Gasteiger partial charge in [-0.3, -0.25) is 0 Å². The molecule has 1 unspecified atom stereocenters. The van der Waals surface area contributed by atoms with Gasteiger partial charge in [0.1, 0.15) is 0 Å². The van der Waals surface area contributed by atoms with Crippen molar-refractivity contribution in [3.63, 3.8) is 0 Å². The predicted octanol–water partition coefficient (Wildman–Crippen LogP) is 2.94. The van der Waals surface area contributed by atoms with E-state index in [4.69, 9.17) is 5.14 Å². The van der Waals surface area contributed by atoms with E-state index in [-0.39, 0.29) is 6.04 Å². The lowest BCUT2D eigenvalue weighted by Gasteiger charge is -2.43. The van der Waals surface area contributed by atoms with Crippen molar-refractivity contribution < 1.29 is 8.42 Å². The average Bonchev–Trinajstić information content (AvgIpc) is 2.95. The molecule has 1 fully saturated rings. The lowest BCUT2D eigenvalue weighted by atomic mass is 9.94. The Balaban J connectivity index is 2.08. The smallest absolute Gasteiger partial charge is 0.248 e. The van der Waals surface area contributed by atoms with Crippen molar-refractivity contribution in [3.8, 4) is 0 Å². The van der Waals surface area contributed by atoms with E-state index in [0.29, 0.717) is 0 Å². The van der Waals surface area contributed by atoms with Crippen molar-refractivity contribution in [3.05, 3.63) is 47.5 Å². The van der Waals surface area contributed by atoms with Crippen molar-refractivity contribution in [1.82, 2.24) is 4.90 Å². The first-order chi connectivity index (χ1) is 10.1.